The van der Waals surface area contributed by atoms with Gasteiger partial charge in [-0.25, -0.2) is 17.8 Å². The lowest BCUT2D eigenvalue weighted by molar-refractivity contribution is 0.101. The number of carbonyl (C=O) groups excluding carboxylic acids is 1. The maximum atomic E-state index is 14.5. The van der Waals surface area contributed by atoms with Crippen molar-refractivity contribution in [3.05, 3.63) is 82.8 Å². The van der Waals surface area contributed by atoms with Gasteiger partial charge in [0.25, 0.3) is 0 Å². The van der Waals surface area contributed by atoms with Gasteiger partial charge >= 0.3 is 0 Å². The smallest absolute Gasteiger partial charge is 0.230 e. The van der Waals surface area contributed by atoms with Crippen LogP contribution < -0.4 is 9.47 Å². The Morgan fingerprint density at radius 1 is 1.03 bits per heavy atom. The molecule has 1 N–H and O–H groups in total. The number of Topliss-reactive ketones (excluding diaryl/α,β-unsaturated/α-hetero) is 1. The van der Waals surface area contributed by atoms with Crippen molar-refractivity contribution < 1.29 is 27.1 Å². The van der Waals surface area contributed by atoms with E-state index in [4.69, 9.17) is 9.47 Å². The second kappa shape index (κ2) is 11.4. The summed E-state index contributed by atoms with van der Waals surface area (Å²) in [5.74, 6) is -1.02. The normalized spacial score (nSPS) is 11.6. The van der Waals surface area contributed by atoms with E-state index in [1.807, 2.05) is 46.8 Å². The standard InChI is InChI=1S/C29H30FN3O5S/c1-17(2)15-37-23-13-21(12-22(30)14-23)25-7-6-24(26(34)16-39(35,36)27-8-9-31-33-27)29(32-25)38-28-19(4)10-18(3)11-20(28)5/h6-14,17H,15-16H2,1-5H3,(H,31,33). The van der Waals surface area contributed by atoms with Gasteiger partial charge in [-0.15, -0.1) is 0 Å². The van der Waals surface area contributed by atoms with Crippen LogP contribution in [-0.4, -0.2) is 41.7 Å². The summed E-state index contributed by atoms with van der Waals surface area (Å²) in [6.07, 6.45) is 1.29. The van der Waals surface area contributed by atoms with Crippen molar-refractivity contribution in [3.63, 3.8) is 0 Å². The van der Waals surface area contributed by atoms with E-state index in [1.165, 1.54) is 36.5 Å². The first-order chi connectivity index (χ1) is 18.4. The molecule has 0 bridgehead atoms. The quantitative estimate of drug-likeness (QED) is 0.240. The number of pyridine rings is 1. The van der Waals surface area contributed by atoms with Gasteiger partial charge in [0.15, 0.2) is 10.8 Å². The van der Waals surface area contributed by atoms with Crippen LogP contribution in [0.5, 0.6) is 17.4 Å². The Hall–Kier alpha value is -4.05. The highest BCUT2D eigenvalue weighted by Crippen LogP contribution is 2.34. The van der Waals surface area contributed by atoms with Gasteiger partial charge in [-0.2, -0.15) is 5.10 Å². The van der Waals surface area contributed by atoms with Crippen LogP contribution in [0.15, 0.2) is 59.8 Å². The van der Waals surface area contributed by atoms with Gasteiger partial charge in [0.2, 0.25) is 15.7 Å². The van der Waals surface area contributed by atoms with E-state index in [2.05, 4.69) is 15.2 Å². The first kappa shape index (κ1) is 28.0. The summed E-state index contributed by atoms with van der Waals surface area (Å²) in [5.41, 5.74) is 3.40. The van der Waals surface area contributed by atoms with E-state index in [9.17, 15) is 17.6 Å². The number of H-pyrrole nitrogens is 1. The second-order valence-corrected chi connectivity index (χ2v) is 11.8. The molecule has 0 saturated heterocycles. The fraction of sp³-hybridized carbons (Fsp3) is 0.276. The van der Waals surface area contributed by atoms with Crippen LogP contribution >= 0.6 is 0 Å². The monoisotopic (exact) mass is 551 g/mol. The minimum absolute atomic E-state index is 0.0195. The summed E-state index contributed by atoms with van der Waals surface area (Å²) < 4.78 is 51.9. The third-order valence-electron chi connectivity index (χ3n) is 5.85. The molecule has 2 aromatic carbocycles. The van der Waals surface area contributed by atoms with Gasteiger partial charge in [-0.1, -0.05) is 31.5 Å². The number of hydrogen-bond donors (Lipinski definition) is 1. The lowest BCUT2D eigenvalue weighted by Crippen LogP contribution is -2.18. The number of aryl methyl sites for hydroxylation is 3. The van der Waals surface area contributed by atoms with Gasteiger partial charge in [0, 0.05) is 11.6 Å². The first-order valence-corrected chi connectivity index (χ1v) is 14.0. The van der Waals surface area contributed by atoms with Crippen LogP contribution in [0.1, 0.15) is 40.9 Å². The molecule has 0 saturated carbocycles. The molecular weight excluding hydrogens is 521 g/mol. The summed E-state index contributed by atoms with van der Waals surface area (Å²) >= 11 is 0. The highest BCUT2D eigenvalue weighted by molar-refractivity contribution is 7.92. The van der Waals surface area contributed by atoms with Gasteiger partial charge in [-0.3, -0.25) is 9.89 Å². The fourth-order valence-corrected chi connectivity index (χ4v) is 5.23. The molecule has 0 spiro atoms. The van der Waals surface area contributed by atoms with Crippen LogP contribution in [0.3, 0.4) is 0 Å². The molecule has 204 valence electrons. The summed E-state index contributed by atoms with van der Waals surface area (Å²) in [5, 5.41) is 5.87. The van der Waals surface area contributed by atoms with E-state index in [-0.39, 0.29) is 22.4 Å². The predicted molar refractivity (Wildman–Crippen MR) is 146 cm³/mol. The SMILES string of the molecule is Cc1cc(C)c(Oc2nc(-c3cc(F)cc(OCC(C)C)c3)ccc2C(=O)CS(=O)(=O)c2ccn[nH]2)c(C)c1. The molecule has 0 radical (unpaired) electrons. The van der Waals surface area contributed by atoms with Gasteiger partial charge in [-0.05, 0) is 68.1 Å². The first-order valence-electron chi connectivity index (χ1n) is 12.4. The van der Waals surface area contributed by atoms with Crippen molar-refractivity contribution in [2.45, 2.75) is 39.6 Å². The Morgan fingerprint density at radius 2 is 1.74 bits per heavy atom. The second-order valence-electron chi connectivity index (χ2n) is 9.86. The molecule has 2 heterocycles. The third kappa shape index (κ3) is 6.69. The zero-order chi connectivity index (χ0) is 28.3. The molecule has 2 aromatic heterocycles. The van der Waals surface area contributed by atoms with Crippen molar-refractivity contribution >= 4 is 15.6 Å². The topological polar surface area (TPSA) is 111 Å². The van der Waals surface area contributed by atoms with Crippen molar-refractivity contribution in [1.82, 2.24) is 15.2 Å². The number of aromatic amines is 1. The Kier molecular flexibility index (Phi) is 8.15. The number of aromatic nitrogens is 3. The molecule has 39 heavy (non-hydrogen) atoms. The number of halogens is 1. The van der Waals surface area contributed by atoms with Crippen molar-refractivity contribution in [3.8, 4) is 28.6 Å². The Bertz CT molecular complexity index is 1590. The summed E-state index contributed by atoms with van der Waals surface area (Å²) in [7, 11) is -3.98. The number of nitrogens with zero attached hydrogens (tertiary/aromatic N) is 2. The van der Waals surface area contributed by atoms with Crippen molar-refractivity contribution in [1.29, 1.82) is 0 Å². The van der Waals surface area contributed by atoms with Crippen molar-refractivity contribution in [2.24, 2.45) is 5.92 Å². The molecule has 10 heteroatoms. The van der Waals surface area contributed by atoms with E-state index in [0.717, 1.165) is 16.7 Å². The van der Waals surface area contributed by atoms with Crippen LogP contribution in [0.4, 0.5) is 4.39 Å². The predicted octanol–water partition coefficient (Wildman–Crippen LogP) is 6.02. The molecule has 8 nitrogen and oxygen atoms in total. The summed E-state index contributed by atoms with van der Waals surface area (Å²) in [4.78, 5) is 17.8. The molecule has 0 amide bonds. The van der Waals surface area contributed by atoms with Crippen molar-refractivity contribution in [2.75, 3.05) is 12.4 Å². The fourth-order valence-electron chi connectivity index (χ4n) is 4.12. The van der Waals surface area contributed by atoms with Crippen LogP contribution in [0.25, 0.3) is 11.3 Å². The minimum Gasteiger partial charge on any atom is -0.493 e. The minimum atomic E-state index is -3.98. The molecule has 0 fully saturated rings. The average molecular weight is 552 g/mol. The number of ketones is 1. The number of rotatable bonds is 10. The number of hydrogen-bond acceptors (Lipinski definition) is 7. The van der Waals surface area contributed by atoms with Crippen LogP contribution in [0, 0.1) is 32.5 Å². The van der Waals surface area contributed by atoms with E-state index in [1.54, 1.807) is 6.07 Å². The largest absolute Gasteiger partial charge is 0.493 e. The molecule has 4 rings (SSSR count). The highest BCUT2D eigenvalue weighted by Gasteiger charge is 2.26. The zero-order valence-electron chi connectivity index (χ0n) is 22.4. The van der Waals surface area contributed by atoms with Crippen LogP contribution in [-0.2, 0) is 9.84 Å². The van der Waals surface area contributed by atoms with Gasteiger partial charge < -0.3 is 9.47 Å². The zero-order valence-corrected chi connectivity index (χ0v) is 23.2. The lowest BCUT2D eigenvalue weighted by atomic mass is 10.1. The van der Waals surface area contributed by atoms with E-state index >= 15 is 0 Å². The Morgan fingerprint density at radius 3 is 2.38 bits per heavy atom. The number of sulfone groups is 1. The van der Waals surface area contributed by atoms with Crippen LogP contribution in [0.2, 0.25) is 0 Å². The maximum absolute atomic E-state index is 14.5. The summed E-state index contributed by atoms with van der Waals surface area (Å²) in [6, 6.07) is 12.4. The lowest BCUT2D eigenvalue weighted by Gasteiger charge is -2.16. The molecule has 0 aliphatic carbocycles. The van der Waals surface area contributed by atoms with E-state index in [0.29, 0.717) is 29.4 Å². The molecule has 0 aliphatic rings. The third-order valence-corrected chi connectivity index (χ3v) is 7.39. The Balaban J connectivity index is 1.78. The maximum Gasteiger partial charge on any atom is 0.230 e. The number of benzene rings is 2. The van der Waals surface area contributed by atoms with Gasteiger partial charge in [0.05, 0.1) is 24.1 Å². The van der Waals surface area contributed by atoms with Gasteiger partial charge in [0.1, 0.15) is 23.1 Å². The number of carbonyl (C=O) groups is 1. The highest BCUT2D eigenvalue weighted by atomic mass is 32.2. The van der Waals surface area contributed by atoms with E-state index < -0.39 is 27.2 Å². The number of nitrogens with one attached hydrogen (secondary N) is 1. The molecule has 0 atom stereocenters. The average Bonchev–Trinajstić information content (AvgIpc) is 3.40. The summed E-state index contributed by atoms with van der Waals surface area (Å²) in [6.45, 7) is 10.1. The molecule has 0 unspecified atom stereocenters. The Labute approximate surface area is 227 Å². The molecule has 0 aliphatic heterocycles. The molecular formula is C29H30FN3O5S. The molecule has 4 aromatic rings. The number of ether oxygens (including phenoxy) is 2.